The van der Waals surface area contributed by atoms with E-state index in [1.165, 1.54) is 6.92 Å². The summed E-state index contributed by atoms with van der Waals surface area (Å²) in [6, 6.07) is 0.469. The zero-order valence-corrected chi connectivity index (χ0v) is 8.38. The van der Waals surface area contributed by atoms with E-state index in [-0.39, 0.29) is 11.1 Å². The molecule has 6 heteroatoms. The number of halogens is 3. The summed E-state index contributed by atoms with van der Waals surface area (Å²) in [7, 11) is 0. The van der Waals surface area contributed by atoms with Gasteiger partial charge in [0.1, 0.15) is 11.9 Å². The van der Waals surface area contributed by atoms with Gasteiger partial charge in [0.2, 0.25) is 0 Å². The molecular formula is C10H10F3NO2. The van der Waals surface area contributed by atoms with Crippen molar-refractivity contribution in [2.45, 2.75) is 19.4 Å². The number of benzene rings is 1. The minimum atomic E-state index is -2.94. The predicted molar refractivity (Wildman–Crippen MR) is 50.7 cm³/mol. The quantitative estimate of drug-likeness (QED) is 0.840. The Bertz CT molecular complexity index is 398. The van der Waals surface area contributed by atoms with E-state index in [2.05, 4.69) is 0 Å². The molecule has 1 aromatic rings. The first-order chi connectivity index (χ1) is 7.34. The third-order valence-electron chi connectivity index (χ3n) is 2.20. The van der Waals surface area contributed by atoms with E-state index < -0.39 is 29.8 Å². The minimum Gasteiger partial charge on any atom is -0.480 e. The van der Waals surface area contributed by atoms with Gasteiger partial charge in [-0.25, -0.2) is 13.2 Å². The lowest BCUT2D eigenvalue weighted by molar-refractivity contribution is -0.138. The Morgan fingerprint density at radius 2 is 2.00 bits per heavy atom. The third-order valence-corrected chi connectivity index (χ3v) is 2.20. The molecule has 1 aromatic carbocycles. The van der Waals surface area contributed by atoms with Gasteiger partial charge in [-0.05, 0) is 24.1 Å². The maximum atomic E-state index is 13.3. The molecule has 0 bridgehead atoms. The SMILES string of the molecule is Cc1cc(C(N)C(=O)O)cc(F)c1C(F)F. The molecule has 0 fully saturated rings. The van der Waals surface area contributed by atoms with E-state index in [4.69, 9.17) is 10.8 Å². The molecule has 0 aliphatic heterocycles. The second-order valence-electron chi connectivity index (χ2n) is 3.35. The molecule has 0 saturated heterocycles. The Balaban J connectivity index is 3.24. The molecule has 1 rings (SSSR count). The second kappa shape index (κ2) is 4.52. The van der Waals surface area contributed by atoms with Crippen LogP contribution in [0.4, 0.5) is 13.2 Å². The molecule has 0 saturated carbocycles. The largest absolute Gasteiger partial charge is 0.480 e. The third kappa shape index (κ3) is 2.33. The van der Waals surface area contributed by atoms with Gasteiger partial charge in [-0.1, -0.05) is 6.07 Å². The minimum absolute atomic E-state index is 0.0123. The zero-order chi connectivity index (χ0) is 12.5. The summed E-state index contributed by atoms with van der Waals surface area (Å²) >= 11 is 0. The number of carboxylic acid groups (broad SMARTS) is 1. The Kier molecular flexibility index (Phi) is 3.54. The molecule has 88 valence electrons. The highest BCUT2D eigenvalue weighted by molar-refractivity contribution is 5.75. The van der Waals surface area contributed by atoms with Crippen molar-refractivity contribution in [2.75, 3.05) is 0 Å². The van der Waals surface area contributed by atoms with Gasteiger partial charge in [-0.15, -0.1) is 0 Å². The van der Waals surface area contributed by atoms with Crippen LogP contribution in [0.25, 0.3) is 0 Å². The molecule has 0 aromatic heterocycles. The number of nitrogens with two attached hydrogens (primary N) is 1. The van der Waals surface area contributed by atoms with Crippen LogP contribution in [0.5, 0.6) is 0 Å². The molecule has 1 unspecified atom stereocenters. The lowest BCUT2D eigenvalue weighted by Crippen LogP contribution is -2.21. The van der Waals surface area contributed by atoms with Crippen LogP contribution < -0.4 is 5.73 Å². The fourth-order valence-electron chi connectivity index (χ4n) is 1.38. The van der Waals surface area contributed by atoms with Gasteiger partial charge in [0, 0.05) is 0 Å². The summed E-state index contributed by atoms with van der Waals surface area (Å²) in [5.41, 5.74) is 4.48. The van der Waals surface area contributed by atoms with Crippen molar-refractivity contribution >= 4 is 5.97 Å². The highest BCUT2D eigenvalue weighted by Gasteiger charge is 2.21. The van der Waals surface area contributed by atoms with Crippen LogP contribution in [0.15, 0.2) is 12.1 Å². The van der Waals surface area contributed by atoms with Crippen molar-refractivity contribution in [3.63, 3.8) is 0 Å². The number of alkyl halides is 2. The average Bonchev–Trinajstić information content (AvgIpc) is 2.14. The number of rotatable bonds is 3. The smallest absolute Gasteiger partial charge is 0.325 e. The molecule has 16 heavy (non-hydrogen) atoms. The molecule has 0 heterocycles. The monoisotopic (exact) mass is 233 g/mol. The van der Waals surface area contributed by atoms with Crippen molar-refractivity contribution in [3.8, 4) is 0 Å². The summed E-state index contributed by atoms with van der Waals surface area (Å²) in [6.45, 7) is 1.28. The maximum Gasteiger partial charge on any atom is 0.325 e. The van der Waals surface area contributed by atoms with Crippen LogP contribution in [-0.4, -0.2) is 11.1 Å². The number of carboxylic acids is 1. The molecule has 3 N–H and O–H groups in total. The number of aryl methyl sites for hydroxylation is 1. The van der Waals surface area contributed by atoms with Gasteiger partial charge < -0.3 is 10.8 Å². The van der Waals surface area contributed by atoms with E-state index in [1.54, 1.807) is 0 Å². The summed E-state index contributed by atoms with van der Waals surface area (Å²) in [6.07, 6.45) is -2.94. The van der Waals surface area contributed by atoms with Crippen LogP contribution in [-0.2, 0) is 4.79 Å². The maximum absolute atomic E-state index is 13.3. The van der Waals surface area contributed by atoms with E-state index in [9.17, 15) is 18.0 Å². The summed E-state index contributed by atoms with van der Waals surface area (Å²) in [5.74, 6) is -2.48. The van der Waals surface area contributed by atoms with E-state index in [1.807, 2.05) is 0 Å². The standard InChI is InChI=1S/C10H10F3NO2/c1-4-2-5(8(14)10(15)16)3-6(11)7(4)9(12)13/h2-3,8-9H,14H2,1H3,(H,15,16). The van der Waals surface area contributed by atoms with Crippen LogP contribution >= 0.6 is 0 Å². The molecule has 3 nitrogen and oxygen atoms in total. The lowest BCUT2D eigenvalue weighted by atomic mass is 10.0. The van der Waals surface area contributed by atoms with Gasteiger partial charge in [-0.3, -0.25) is 4.79 Å². The predicted octanol–water partition coefficient (Wildman–Crippen LogP) is 2.16. The summed E-state index contributed by atoms with van der Waals surface area (Å²) < 4.78 is 38.0. The van der Waals surface area contributed by atoms with Gasteiger partial charge in [0.05, 0.1) is 5.56 Å². The Morgan fingerprint density at radius 1 is 1.44 bits per heavy atom. The topological polar surface area (TPSA) is 63.3 Å². The summed E-state index contributed by atoms with van der Waals surface area (Å²) in [4.78, 5) is 10.5. The number of hydrogen-bond donors (Lipinski definition) is 2. The van der Waals surface area contributed by atoms with Crippen LogP contribution in [0.1, 0.15) is 29.2 Å². The Morgan fingerprint density at radius 3 is 2.38 bits per heavy atom. The van der Waals surface area contributed by atoms with Crippen LogP contribution in [0, 0.1) is 12.7 Å². The number of carbonyl (C=O) groups is 1. The van der Waals surface area contributed by atoms with E-state index >= 15 is 0 Å². The van der Waals surface area contributed by atoms with Crippen molar-refractivity contribution in [1.82, 2.24) is 0 Å². The van der Waals surface area contributed by atoms with Crippen LogP contribution in [0.2, 0.25) is 0 Å². The fourth-order valence-corrected chi connectivity index (χ4v) is 1.38. The van der Waals surface area contributed by atoms with Crippen molar-refractivity contribution < 1.29 is 23.1 Å². The molecule has 0 aliphatic rings. The van der Waals surface area contributed by atoms with Crippen LogP contribution in [0.3, 0.4) is 0 Å². The fraction of sp³-hybridized carbons (Fsp3) is 0.300. The van der Waals surface area contributed by atoms with Gasteiger partial charge in [-0.2, -0.15) is 0 Å². The first-order valence-electron chi connectivity index (χ1n) is 4.41. The van der Waals surface area contributed by atoms with Crippen molar-refractivity contribution in [3.05, 3.63) is 34.6 Å². The highest BCUT2D eigenvalue weighted by atomic mass is 19.3. The van der Waals surface area contributed by atoms with Crippen molar-refractivity contribution in [1.29, 1.82) is 0 Å². The normalized spacial score (nSPS) is 12.9. The van der Waals surface area contributed by atoms with Gasteiger partial charge >= 0.3 is 5.97 Å². The summed E-state index contributed by atoms with van der Waals surface area (Å²) in [5, 5.41) is 8.60. The molecular weight excluding hydrogens is 223 g/mol. The average molecular weight is 233 g/mol. The molecule has 0 radical (unpaired) electrons. The molecule has 0 amide bonds. The van der Waals surface area contributed by atoms with E-state index in [0.29, 0.717) is 0 Å². The highest BCUT2D eigenvalue weighted by Crippen LogP contribution is 2.28. The molecule has 0 aliphatic carbocycles. The Labute approximate surface area is 89.7 Å². The first-order valence-corrected chi connectivity index (χ1v) is 4.41. The van der Waals surface area contributed by atoms with Gasteiger partial charge in [0.25, 0.3) is 6.43 Å². The van der Waals surface area contributed by atoms with Crippen molar-refractivity contribution in [2.24, 2.45) is 5.73 Å². The van der Waals surface area contributed by atoms with Gasteiger partial charge in [0.15, 0.2) is 0 Å². The van der Waals surface area contributed by atoms with E-state index in [0.717, 1.165) is 12.1 Å². The molecule has 1 atom stereocenters. The second-order valence-corrected chi connectivity index (χ2v) is 3.35. The zero-order valence-electron chi connectivity index (χ0n) is 8.38. The lowest BCUT2D eigenvalue weighted by Gasteiger charge is -2.12. The number of hydrogen-bond acceptors (Lipinski definition) is 2. The number of aliphatic carboxylic acids is 1. The first kappa shape index (κ1) is 12.5. The Hall–Kier alpha value is -1.56. The molecule has 0 spiro atoms.